The number of urea groups is 1. The van der Waals surface area contributed by atoms with Crippen molar-refractivity contribution in [1.82, 2.24) is 14.9 Å². The lowest BCUT2D eigenvalue weighted by molar-refractivity contribution is 0.208. The summed E-state index contributed by atoms with van der Waals surface area (Å²) in [5.74, 6) is -1.05. The minimum atomic E-state index is -0.638. The lowest BCUT2D eigenvalue weighted by atomic mass is 10.2. The zero-order valence-electron chi connectivity index (χ0n) is 15.3. The third kappa shape index (κ3) is 4.02. The number of carbonyl (C=O) groups excluding carboxylic acids is 1. The fourth-order valence-corrected chi connectivity index (χ4v) is 3.29. The van der Waals surface area contributed by atoms with Crippen LogP contribution in [-0.2, 0) is 0 Å². The maximum Gasteiger partial charge on any atom is 0.323 e. The molecule has 152 valence electrons. The summed E-state index contributed by atoms with van der Waals surface area (Å²) >= 11 is 5.81. The van der Waals surface area contributed by atoms with Gasteiger partial charge in [-0.3, -0.25) is 5.32 Å². The Morgan fingerprint density at radius 2 is 1.83 bits per heavy atom. The molecule has 3 heterocycles. The number of methoxy groups -OCH3 is 1. The minimum Gasteiger partial charge on any atom is -0.478 e. The van der Waals surface area contributed by atoms with Crippen molar-refractivity contribution >= 4 is 40.4 Å². The van der Waals surface area contributed by atoms with Crippen LogP contribution in [0, 0.1) is 11.6 Å². The monoisotopic (exact) mass is 423 g/mol. The Morgan fingerprint density at radius 1 is 1.14 bits per heavy atom. The number of piperazine rings is 1. The molecule has 0 atom stereocenters. The number of halogens is 3. The number of nitrogens with zero attached hydrogens (tertiary/aromatic N) is 4. The van der Waals surface area contributed by atoms with Gasteiger partial charge in [0.1, 0.15) is 17.2 Å². The van der Waals surface area contributed by atoms with Gasteiger partial charge in [-0.15, -0.1) is 0 Å². The molecule has 0 spiro atoms. The SMILES string of the molecule is COc1nc2oc(Cl)cc2nc1NC(=O)N1CCN(c2cc(F)cc(F)c2)CC1. The summed E-state index contributed by atoms with van der Waals surface area (Å²) in [4.78, 5) is 24.4. The number of nitrogens with one attached hydrogen (secondary N) is 1. The summed E-state index contributed by atoms with van der Waals surface area (Å²) in [6, 6.07) is 4.45. The first kappa shape index (κ1) is 19.2. The topological polar surface area (TPSA) is 83.7 Å². The Balaban J connectivity index is 1.44. The molecule has 8 nitrogen and oxygen atoms in total. The van der Waals surface area contributed by atoms with Crippen molar-refractivity contribution in [2.45, 2.75) is 0 Å². The van der Waals surface area contributed by atoms with Gasteiger partial charge >= 0.3 is 6.03 Å². The number of rotatable bonds is 3. The van der Waals surface area contributed by atoms with Crippen molar-refractivity contribution in [2.75, 3.05) is 43.5 Å². The average Bonchev–Trinajstić information content (AvgIpc) is 3.05. The van der Waals surface area contributed by atoms with E-state index in [0.717, 1.165) is 6.07 Å². The van der Waals surface area contributed by atoms with Crippen LogP contribution >= 0.6 is 11.6 Å². The molecule has 3 aromatic rings. The van der Waals surface area contributed by atoms with Gasteiger partial charge in [0.05, 0.1) is 7.11 Å². The van der Waals surface area contributed by atoms with E-state index < -0.39 is 17.7 Å². The first-order chi connectivity index (χ1) is 13.9. The van der Waals surface area contributed by atoms with E-state index in [1.807, 2.05) is 4.90 Å². The average molecular weight is 424 g/mol. The third-order valence-electron chi connectivity index (χ3n) is 4.50. The quantitative estimate of drug-likeness (QED) is 0.694. The van der Waals surface area contributed by atoms with E-state index in [9.17, 15) is 13.6 Å². The molecule has 4 rings (SSSR count). The highest BCUT2D eigenvalue weighted by Crippen LogP contribution is 2.27. The van der Waals surface area contributed by atoms with Crippen LogP contribution in [-0.4, -0.2) is 54.2 Å². The maximum atomic E-state index is 13.4. The zero-order chi connectivity index (χ0) is 20.5. The standard InChI is InChI=1S/C18H16ClF2N5O3/c1-28-17-15(22-13-9-14(19)29-16(13)24-17)23-18(27)26-4-2-25(3-5-26)12-7-10(20)6-11(21)8-12/h6-9H,2-5H2,1H3,(H,22,23,27). The van der Waals surface area contributed by atoms with E-state index in [-0.39, 0.29) is 22.6 Å². The van der Waals surface area contributed by atoms with Crippen molar-refractivity contribution < 1.29 is 22.7 Å². The molecular weight excluding hydrogens is 408 g/mol. The van der Waals surface area contributed by atoms with Crippen LogP contribution in [0.5, 0.6) is 5.88 Å². The normalized spacial score (nSPS) is 14.3. The van der Waals surface area contributed by atoms with Gasteiger partial charge in [0.25, 0.3) is 5.88 Å². The molecule has 2 amide bonds. The van der Waals surface area contributed by atoms with Gasteiger partial charge in [-0.25, -0.2) is 18.6 Å². The van der Waals surface area contributed by atoms with Gasteiger partial charge in [-0.2, -0.15) is 4.98 Å². The predicted octanol–water partition coefficient (Wildman–Crippen LogP) is 3.52. The highest BCUT2D eigenvalue weighted by Gasteiger charge is 2.24. The largest absolute Gasteiger partial charge is 0.478 e. The minimum absolute atomic E-state index is 0.0886. The number of aromatic nitrogens is 2. The van der Waals surface area contributed by atoms with E-state index >= 15 is 0 Å². The number of benzene rings is 1. The fraction of sp³-hybridized carbons (Fsp3) is 0.278. The smallest absolute Gasteiger partial charge is 0.323 e. The number of hydrogen-bond donors (Lipinski definition) is 1. The molecule has 0 saturated carbocycles. The second kappa shape index (κ2) is 7.70. The number of amides is 2. The van der Waals surface area contributed by atoms with E-state index in [0.29, 0.717) is 37.4 Å². The van der Waals surface area contributed by atoms with Gasteiger partial charge in [-0.1, -0.05) is 0 Å². The summed E-state index contributed by atoms with van der Waals surface area (Å²) in [6.45, 7) is 1.57. The molecule has 0 aliphatic carbocycles. The Hall–Kier alpha value is -3.14. The predicted molar refractivity (Wildman–Crippen MR) is 103 cm³/mol. The molecule has 1 saturated heterocycles. The second-order valence-corrected chi connectivity index (χ2v) is 6.73. The van der Waals surface area contributed by atoms with Crippen molar-refractivity contribution in [3.63, 3.8) is 0 Å². The molecule has 1 aliphatic heterocycles. The lowest BCUT2D eigenvalue weighted by Crippen LogP contribution is -2.50. The molecule has 1 N–H and O–H groups in total. The van der Waals surface area contributed by atoms with Gasteiger partial charge < -0.3 is 19.0 Å². The maximum absolute atomic E-state index is 13.4. The Kier molecular flexibility index (Phi) is 5.10. The van der Waals surface area contributed by atoms with Crippen LogP contribution in [0.25, 0.3) is 11.2 Å². The Labute approximate surface area is 169 Å². The fourth-order valence-electron chi connectivity index (χ4n) is 3.11. The number of anilines is 2. The van der Waals surface area contributed by atoms with Crippen molar-refractivity contribution in [1.29, 1.82) is 0 Å². The molecular formula is C18H16ClF2N5O3. The molecule has 0 bridgehead atoms. The molecule has 1 aromatic carbocycles. The number of carbonyl (C=O) groups is 1. The van der Waals surface area contributed by atoms with Crippen molar-refractivity contribution in [2.24, 2.45) is 0 Å². The molecule has 29 heavy (non-hydrogen) atoms. The summed E-state index contributed by atoms with van der Waals surface area (Å²) in [7, 11) is 1.40. The summed E-state index contributed by atoms with van der Waals surface area (Å²) in [5, 5.41) is 2.79. The van der Waals surface area contributed by atoms with Crippen LogP contribution in [0.4, 0.5) is 25.1 Å². The van der Waals surface area contributed by atoms with Crippen LogP contribution in [0.3, 0.4) is 0 Å². The molecule has 1 aliphatic rings. The van der Waals surface area contributed by atoms with Gasteiger partial charge in [0.15, 0.2) is 11.0 Å². The van der Waals surface area contributed by atoms with Crippen LogP contribution < -0.4 is 15.0 Å². The number of fused-ring (bicyclic) bond motifs is 1. The molecule has 1 fully saturated rings. The number of ether oxygens (including phenoxy) is 1. The Morgan fingerprint density at radius 3 is 2.48 bits per heavy atom. The van der Waals surface area contributed by atoms with E-state index in [1.165, 1.54) is 25.3 Å². The number of furan rings is 1. The third-order valence-corrected chi connectivity index (χ3v) is 4.69. The zero-order valence-corrected chi connectivity index (χ0v) is 16.0. The lowest BCUT2D eigenvalue weighted by Gasteiger charge is -2.36. The van der Waals surface area contributed by atoms with Crippen LogP contribution in [0.1, 0.15) is 0 Å². The second-order valence-electron chi connectivity index (χ2n) is 6.35. The first-order valence-corrected chi connectivity index (χ1v) is 9.09. The van der Waals surface area contributed by atoms with E-state index in [1.54, 1.807) is 4.90 Å². The summed E-state index contributed by atoms with van der Waals surface area (Å²) in [6.07, 6.45) is 0. The summed E-state index contributed by atoms with van der Waals surface area (Å²) < 4.78 is 37.2. The van der Waals surface area contributed by atoms with Gasteiger partial charge in [0, 0.05) is 44.0 Å². The van der Waals surface area contributed by atoms with Gasteiger partial charge in [0.2, 0.25) is 5.71 Å². The van der Waals surface area contributed by atoms with Crippen LogP contribution in [0.15, 0.2) is 28.7 Å². The van der Waals surface area contributed by atoms with Crippen LogP contribution in [0.2, 0.25) is 5.22 Å². The molecule has 11 heteroatoms. The molecule has 0 radical (unpaired) electrons. The van der Waals surface area contributed by atoms with Crippen molar-refractivity contribution in [3.8, 4) is 5.88 Å². The molecule has 2 aromatic heterocycles. The first-order valence-electron chi connectivity index (χ1n) is 8.71. The highest BCUT2D eigenvalue weighted by molar-refractivity contribution is 6.29. The summed E-state index contributed by atoms with van der Waals surface area (Å²) in [5.41, 5.74) is 1.02. The van der Waals surface area contributed by atoms with E-state index in [4.69, 9.17) is 20.8 Å². The highest BCUT2D eigenvalue weighted by atomic mass is 35.5. The number of hydrogen-bond acceptors (Lipinski definition) is 6. The van der Waals surface area contributed by atoms with E-state index in [2.05, 4.69) is 15.3 Å². The van der Waals surface area contributed by atoms with Crippen molar-refractivity contribution in [3.05, 3.63) is 41.1 Å². The van der Waals surface area contributed by atoms with Gasteiger partial charge in [-0.05, 0) is 23.7 Å². The molecule has 0 unspecified atom stereocenters. The Bertz CT molecular complexity index is 1050.